The third kappa shape index (κ3) is 3.94. The smallest absolute Gasteiger partial charge is 0.135 e. The standard InChI is InChI=1S/C42H28O/c1-3-32-33(4-2)41(35-17-9-8-16-34(35)40(32)28-12-6-5-7-13-28)30-22-20-27(21-23-30)31-24-25-38-37(26-31)36-18-10-14-29-15-11-19-39(43-38)42(29)36/h3-26H,1-2H2. The minimum Gasteiger partial charge on any atom is -0.456 e. The molecule has 0 saturated heterocycles. The number of hydrogen-bond donors (Lipinski definition) is 0. The van der Waals surface area contributed by atoms with Gasteiger partial charge in [0.25, 0.3) is 0 Å². The highest BCUT2D eigenvalue weighted by Gasteiger charge is 2.21. The Labute approximate surface area is 251 Å². The van der Waals surface area contributed by atoms with Crippen LogP contribution in [0.2, 0.25) is 0 Å². The summed E-state index contributed by atoms with van der Waals surface area (Å²) in [6.07, 6.45) is 3.94. The zero-order chi connectivity index (χ0) is 28.9. The van der Waals surface area contributed by atoms with E-state index in [9.17, 15) is 0 Å². The van der Waals surface area contributed by atoms with E-state index in [-0.39, 0.29) is 0 Å². The molecule has 0 saturated carbocycles. The molecule has 1 nitrogen and oxygen atoms in total. The lowest BCUT2D eigenvalue weighted by Gasteiger charge is -2.22. The molecule has 1 heterocycles. The lowest BCUT2D eigenvalue weighted by molar-refractivity contribution is 0.487. The summed E-state index contributed by atoms with van der Waals surface area (Å²) in [6.45, 7) is 8.47. The number of rotatable bonds is 5. The van der Waals surface area contributed by atoms with Gasteiger partial charge in [-0.25, -0.2) is 0 Å². The molecule has 0 aliphatic carbocycles. The first kappa shape index (κ1) is 25.1. The predicted molar refractivity (Wildman–Crippen MR) is 183 cm³/mol. The molecule has 0 bridgehead atoms. The summed E-state index contributed by atoms with van der Waals surface area (Å²) in [5.74, 6) is 1.81. The summed E-state index contributed by atoms with van der Waals surface area (Å²) in [4.78, 5) is 0. The van der Waals surface area contributed by atoms with Crippen molar-refractivity contribution in [3.8, 4) is 56.0 Å². The number of hydrogen-bond acceptors (Lipinski definition) is 1. The Morgan fingerprint density at radius 3 is 1.70 bits per heavy atom. The van der Waals surface area contributed by atoms with Crippen LogP contribution in [0.25, 0.3) is 78.2 Å². The van der Waals surface area contributed by atoms with E-state index in [2.05, 4.69) is 141 Å². The van der Waals surface area contributed by atoms with Gasteiger partial charge in [-0.2, -0.15) is 0 Å². The molecule has 0 amide bonds. The summed E-state index contributed by atoms with van der Waals surface area (Å²) < 4.78 is 6.33. The lowest BCUT2D eigenvalue weighted by Crippen LogP contribution is -1.97. The molecule has 8 rings (SSSR count). The highest BCUT2D eigenvalue weighted by atomic mass is 16.5. The molecule has 202 valence electrons. The average Bonchev–Trinajstić information content (AvgIpc) is 3.07. The molecule has 0 N–H and O–H groups in total. The Hall–Kier alpha value is -5.66. The number of ether oxygens (including phenoxy) is 1. The van der Waals surface area contributed by atoms with Crippen LogP contribution in [-0.4, -0.2) is 0 Å². The minimum atomic E-state index is 0.893. The quantitative estimate of drug-likeness (QED) is 0.208. The van der Waals surface area contributed by atoms with Crippen molar-refractivity contribution in [2.45, 2.75) is 0 Å². The van der Waals surface area contributed by atoms with E-state index >= 15 is 0 Å². The van der Waals surface area contributed by atoms with E-state index in [0.29, 0.717) is 0 Å². The topological polar surface area (TPSA) is 9.23 Å². The molecule has 0 atom stereocenters. The van der Waals surface area contributed by atoms with E-state index in [1.165, 1.54) is 43.8 Å². The first-order valence-corrected chi connectivity index (χ1v) is 14.6. The molecule has 7 aromatic rings. The largest absolute Gasteiger partial charge is 0.456 e. The average molecular weight is 549 g/mol. The molecular weight excluding hydrogens is 520 g/mol. The van der Waals surface area contributed by atoms with Gasteiger partial charge in [-0.3, -0.25) is 0 Å². The second-order valence-corrected chi connectivity index (χ2v) is 10.9. The second-order valence-electron chi connectivity index (χ2n) is 10.9. The zero-order valence-corrected chi connectivity index (χ0v) is 23.7. The van der Waals surface area contributed by atoms with Crippen LogP contribution in [0.4, 0.5) is 0 Å². The monoisotopic (exact) mass is 548 g/mol. The Bertz CT molecular complexity index is 2210. The normalized spacial score (nSPS) is 11.6. The van der Waals surface area contributed by atoms with Crippen LogP contribution >= 0.6 is 0 Å². The highest BCUT2D eigenvalue weighted by Crippen LogP contribution is 2.48. The third-order valence-corrected chi connectivity index (χ3v) is 8.63. The van der Waals surface area contributed by atoms with E-state index in [1.54, 1.807) is 0 Å². The summed E-state index contributed by atoms with van der Waals surface area (Å²) in [7, 11) is 0. The molecule has 0 fully saturated rings. The molecule has 0 aromatic heterocycles. The van der Waals surface area contributed by atoms with Gasteiger partial charge in [-0.15, -0.1) is 0 Å². The van der Waals surface area contributed by atoms with Gasteiger partial charge < -0.3 is 4.74 Å². The molecule has 43 heavy (non-hydrogen) atoms. The van der Waals surface area contributed by atoms with Crippen molar-refractivity contribution in [2.24, 2.45) is 0 Å². The molecule has 7 aromatic carbocycles. The Morgan fingerprint density at radius 1 is 0.442 bits per heavy atom. The lowest BCUT2D eigenvalue weighted by atomic mass is 9.83. The Kier molecular flexibility index (Phi) is 5.84. The van der Waals surface area contributed by atoms with Crippen LogP contribution in [0, 0.1) is 0 Å². The fourth-order valence-corrected chi connectivity index (χ4v) is 6.70. The highest BCUT2D eigenvalue weighted by molar-refractivity contribution is 6.11. The predicted octanol–water partition coefficient (Wildman–Crippen LogP) is 12.1. The Morgan fingerprint density at radius 2 is 1.02 bits per heavy atom. The van der Waals surface area contributed by atoms with Gasteiger partial charge in [0.05, 0.1) is 0 Å². The summed E-state index contributed by atoms with van der Waals surface area (Å²) >= 11 is 0. The van der Waals surface area contributed by atoms with Crippen LogP contribution in [-0.2, 0) is 0 Å². The van der Waals surface area contributed by atoms with Gasteiger partial charge in [-0.05, 0) is 84.4 Å². The molecule has 0 spiro atoms. The summed E-state index contributed by atoms with van der Waals surface area (Å²) in [5, 5.41) is 4.77. The molecule has 1 heteroatoms. The maximum absolute atomic E-state index is 6.33. The first-order valence-electron chi connectivity index (χ1n) is 14.6. The number of fused-ring (bicyclic) bond motifs is 3. The van der Waals surface area contributed by atoms with Gasteiger partial charge >= 0.3 is 0 Å². The van der Waals surface area contributed by atoms with Crippen LogP contribution < -0.4 is 4.74 Å². The van der Waals surface area contributed by atoms with Crippen LogP contribution in [0.1, 0.15) is 11.1 Å². The van der Waals surface area contributed by atoms with Crippen molar-refractivity contribution in [3.05, 3.63) is 158 Å². The van der Waals surface area contributed by atoms with Gasteiger partial charge in [0.15, 0.2) is 0 Å². The minimum absolute atomic E-state index is 0.893. The van der Waals surface area contributed by atoms with Crippen LogP contribution in [0.15, 0.2) is 147 Å². The van der Waals surface area contributed by atoms with Gasteiger partial charge in [0, 0.05) is 10.9 Å². The fourth-order valence-electron chi connectivity index (χ4n) is 6.70. The fraction of sp³-hybridized carbons (Fsp3) is 0. The number of benzene rings is 7. The molecule has 0 unspecified atom stereocenters. The van der Waals surface area contributed by atoms with Crippen LogP contribution in [0.5, 0.6) is 11.5 Å². The Balaban J connectivity index is 1.26. The van der Waals surface area contributed by atoms with Crippen molar-refractivity contribution in [2.75, 3.05) is 0 Å². The second kappa shape index (κ2) is 10.0. The van der Waals surface area contributed by atoms with Gasteiger partial charge in [0.2, 0.25) is 0 Å². The van der Waals surface area contributed by atoms with E-state index in [4.69, 9.17) is 4.74 Å². The third-order valence-electron chi connectivity index (χ3n) is 8.63. The first-order chi connectivity index (χ1) is 21.2. The zero-order valence-electron chi connectivity index (χ0n) is 23.7. The van der Waals surface area contributed by atoms with Crippen molar-refractivity contribution >= 4 is 33.7 Å². The molecule has 1 aliphatic rings. The van der Waals surface area contributed by atoms with Crippen molar-refractivity contribution in [1.82, 2.24) is 0 Å². The van der Waals surface area contributed by atoms with E-state index < -0.39 is 0 Å². The maximum Gasteiger partial charge on any atom is 0.135 e. The van der Waals surface area contributed by atoms with Crippen LogP contribution in [0.3, 0.4) is 0 Å². The summed E-state index contributed by atoms with van der Waals surface area (Å²) in [6, 6.07) is 47.3. The van der Waals surface area contributed by atoms with E-state index in [0.717, 1.165) is 44.9 Å². The van der Waals surface area contributed by atoms with Crippen molar-refractivity contribution < 1.29 is 4.74 Å². The SMILES string of the molecule is C=Cc1c(C=C)c(-c2ccc(-c3ccc4c(c3)-c3cccc5cccc(c35)O4)cc2)c2ccccc2c1-c1ccccc1. The molecule has 1 aliphatic heterocycles. The molecular formula is C42H28O. The van der Waals surface area contributed by atoms with Crippen molar-refractivity contribution in [3.63, 3.8) is 0 Å². The summed E-state index contributed by atoms with van der Waals surface area (Å²) in [5.41, 5.74) is 11.5. The molecule has 0 radical (unpaired) electrons. The maximum atomic E-state index is 6.33. The van der Waals surface area contributed by atoms with Gasteiger partial charge in [0.1, 0.15) is 11.5 Å². The van der Waals surface area contributed by atoms with Crippen molar-refractivity contribution in [1.29, 1.82) is 0 Å². The van der Waals surface area contributed by atoms with E-state index in [1.807, 2.05) is 18.2 Å². The van der Waals surface area contributed by atoms with Gasteiger partial charge in [-0.1, -0.05) is 141 Å².